The normalized spacial score (nSPS) is 14.4. The van der Waals surface area contributed by atoms with Gasteiger partial charge in [0, 0.05) is 12.1 Å². The first kappa shape index (κ1) is 8.74. The molecule has 72 valence electrons. The van der Waals surface area contributed by atoms with Crippen LogP contribution in [0.2, 0.25) is 0 Å². The third-order valence-corrected chi connectivity index (χ3v) is 2.28. The van der Waals surface area contributed by atoms with E-state index in [9.17, 15) is 9.59 Å². The highest BCUT2D eigenvalue weighted by atomic mass is 16.4. The summed E-state index contributed by atoms with van der Waals surface area (Å²) in [5.74, 6) is -1.00. The summed E-state index contributed by atoms with van der Waals surface area (Å²) in [4.78, 5) is 21.9. The van der Waals surface area contributed by atoms with Crippen LogP contribution in [-0.4, -0.2) is 17.0 Å². The van der Waals surface area contributed by atoms with Crippen molar-refractivity contribution >= 4 is 17.6 Å². The Morgan fingerprint density at radius 1 is 1.36 bits per heavy atom. The van der Waals surface area contributed by atoms with Gasteiger partial charge in [-0.1, -0.05) is 6.07 Å². The molecule has 2 N–H and O–H groups in total. The molecule has 1 aliphatic heterocycles. The second kappa shape index (κ2) is 3.14. The first-order chi connectivity index (χ1) is 6.68. The third-order valence-electron chi connectivity index (χ3n) is 2.28. The number of anilines is 1. The molecule has 1 aromatic rings. The van der Waals surface area contributed by atoms with Crippen molar-refractivity contribution in [2.24, 2.45) is 0 Å². The lowest BCUT2D eigenvalue weighted by Crippen LogP contribution is -2.21. The number of fused-ring (bicyclic) bond motifs is 1. The van der Waals surface area contributed by atoms with Crippen LogP contribution < -0.4 is 5.32 Å². The molecule has 0 radical (unpaired) electrons. The van der Waals surface area contributed by atoms with E-state index in [1.807, 2.05) is 0 Å². The van der Waals surface area contributed by atoms with Gasteiger partial charge in [-0.05, 0) is 24.1 Å². The lowest BCUT2D eigenvalue weighted by Gasteiger charge is -2.17. The van der Waals surface area contributed by atoms with E-state index in [-0.39, 0.29) is 11.5 Å². The Morgan fingerprint density at radius 3 is 2.86 bits per heavy atom. The minimum absolute atomic E-state index is 0.0555. The maximum absolute atomic E-state index is 11.0. The fraction of sp³-hybridized carbons (Fsp3) is 0.200. The largest absolute Gasteiger partial charge is 0.478 e. The number of carbonyl (C=O) groups excluding carboxylic acids is 1. The van der Waals surface area contributed by atoms with Crippen molar-refractivity contribution in [3.63, 3.8) is 0 Å². The Morgan fingerprint density at radius 2 is 2.14 bits per heavy atom. The molecule has 4 nitrogen and oxygen atoms in total. The maximum atomic E-state index is 11.0. The Bertz CT molecular complexity index is 412. The number of benzene rings is 1. The average Bonchev–Trinajstić information content (AvgIpc) is 2.16. The smallest absolute Gasteiger partial charge is 0.336 e. The predicted molar refractivity (Wildman–Crippen MR) is 50.4 cm³/mol. The second-order valence-corrected chi connectivity index (χ2v) is 3.19. The molecular weight excluding hydrogens is 182 g/mol. The van der Waals surface area contributed by atoms with Gasteiger partial charge in [0.25, 0.3) is 0 Å². The number of carboxylic acid groups (broad SMARTS) is 1. The number of hydrogen-bond acceptors (Lipinski definition) is 2. The van der Waals surface area contributed by atoms with Gasteiger partial charge in [0.1, 0.15) is 0 Å². The Balaban J connectivity index is 2.52. The van der Waals surface area contributed by atoms with Crippen LogP contribution in [0.3, 0.4) is 0 Å². The number of amides is 1. The summed E-state index contributed by atoms with van der Waals surface area (Å²) >= 11 is 0. The molecule has 1 amide bonds. The summed E-state index contributed by atoms with van der Waals surface area (Å²) < 4.78 is 0. The standard InChI is InChI=1S/C10H9NO3/c12-9-5-4-6-7(10(13)14)2-1-3-8(6)11-9/h1-3H,4-5H2,(H,11,12)(H,13,14). The summed E-state index contributed by atoms with van der Waals surface area (Å²) in [6.45, 7) is 0. The van der Waals surface area contributed by atoms with E-state index in [2.05, 4.69) is 5.32 Å². The maximum Gasteiger partial charge on any atom is 0.336 e. The van der Waals surface area contributed by atoms with Gasteiger partial charge in [-0.2, -0.15) is 0 Å². The molecule has 0 aliphatic carbocycles. The first-order valence-corrected chi connectivity index (χ1v) is 4.33. The second-order valence-electron chi connectivity index (χ2n) is 3.19. The summed E-state index contributed by atoms with van der Waals surface area (Å²) in [5.41, 5.74) is 1.63. The average molecular weight is 191 g/mol. The fourth-order valence-electron chi connectivity index (χ4n) is 1.62. The number of nitrogens with one attached hydrogen (secondary N) is 1. The Hall–Kier alpha value is -1.84. The number of carbonyl (C=O) groups is 2. The van der Waals surface area contributed by atoms with E-state index in [1.165, 1.54) is 0 Å². The number of hydrogen-bond donors (Lipinski definition) is 2. The number of aromatic carboxylic acids is 1. The number of rotatable bonds is 1. The zero-order chi connectivity index (χ0) is 10.1. The molecule has 1 heterocycles. The molecule has 1 aromatic carbocycles. The predicted octanol–water partition coefficient (Wildman–Crippen LogP) is 1.27. The van der Waals surface area contributed by atoms with E-state index in [4.69, 9.17) is 5.11 Å². The van der Waals surface area contributed by atoms with Crippen molar-refractivity contribution in [2.75, 3.05) is 5.32 Å². The van der Waals surface area contributed by atoms with Crippen molar-refractivity contribution in [1.82, 2.24) is 0 Å². The molecular formula is C10H9NO3. The van der Waals surface area contributed by atoms with E-state index in [0.29, 0.717) is 18.5 Å². The summed E-state index contributed by atoms with van der Waals surface area (Å²) in [5, 5.41) is 11.5. The van der Waals surface area contributed by atoms with Crippen LogP contribution in [0.1, 0.15) is 22.3 Å². The lowest BCUT2D eigenvalue weighted by molar-refractivity contribution is -0.116. The van der Waals surface area contributed by atoms with E-state index < -0.39 is 5.97 Å². The molecule has 0 saturated carbocycles. The molecule has 0 bridgehead atoms. The van der Waals surface area contributed by atoms with Gasteiger partial charge in [-0.3, -0.25) is 4.79 Å². The van der Waals surface area contributed by atoms with Crippen molar-refractivity contribution in [3.8, 4) is 0 Å². The highest BCUT2D eigenvalue weighted by Crippen LogP contribution is 2.25. The van der Waals surface area contributed by atoms with Crippen molar-refractivity contribution in [2.45, 2.75) is 12.8 Å². The SMILES string of the molecule is O=C1CCc2c(cccc2C(=O)O)N1. The van der Waals surface area contributed by atoms with Crippen LogP contribution >= 0.6 is 0 Å². The van der Waals surface area contributed by atoms with Gasteiger partial charge >= 0.3 is 5.97 Å². The van der Waals surface area contributed by atoms with E-state index in [1.54, 1.807) is 18.2 Å². The first-order valence-electron chi connectivity index (χ1n) is 4.33. The molecule has 0 saturated heterocycles. The van der Waals surface area contributed by atoms with Crippen molar-refractivity contribution < 1.29 is 14.7 Å². The topological polar surface area (TPSA) is 66.4 Å². The monoisotopic (exact) mass is 191 g/mol. The van der Waals surface area contributed by atoms with Gasteiger partial charge in [0.15, 0.2) is 0 Å². The van der Waals surface area contributed by atoms with Crippen LogP contribution in [0.4, 0.5) is 5.69 Å². The minimum atomic E-state index is -0.946. The quantitative estimate of drug-likeness (QED) is 0.702. The molecule has 4 heteroatoms. The highest BCUT2D eigenvalue weighted by Gasteiger charge is 2.19. The van der Waals surface area contributed by atoms with Crippen LogP contribution in [0.15, 0.2) is 18.2 Å². The number of carboxylic acids is 1. The van der Waals surface area contributed by atoms with E-state index in [0.717, 1.165) is 5.56 Å². The molecule has 0 aromatic heterocycles. The zero-order valence-corrected chi connectivity index (χ0v) is 7.41. The molecule has 0 spiro atoms. The van der Waals surface area contributed by atoms with E-state index >= 15 is 0 Å². The van der Waals surface area contributed by atoms with Crippen LogP contribution in [-0.2, 0) is 11.2 Å². The van der Waals surface area contributed by atoms with Crippen LogP contribution in [0, 0.1) is 0 Å². The molecule has 0 fully saturated rings. The van der Waals surface area contributed by atoms with Crippen LogP contribution in [0.5, 0.6) is 0 Å². The summed E-state index contributed by atoms with van der Waals surface area (Å²) in [7, 11) is 0. The molecule has 1 aliphatic rings. The lowest BCUT2D eigenvalue weighted by atomic mass is 9.97. The van der Waals surface area contributed by atoms with Gasteiger partial charge in [-0.15, -0.1) is 0 Å². The molecule has 0 unspecified atom stereocenters. The molecule has 14 heavy (non-hydrogen) atoms. The van der Waals surface area contributed by atoms with Crippen molar-refractivity contribution in [3.05, 3.63) is 29.3 Å². The van der Waals surface area contributed by atoms with Gasteiger partial charge in [-0.25, -0.2) is 4.79 Å². The highest BCUT2D eigenvalue weighted by molar-refractivity contribution is 5.98. The zero-order valence-electron chi connectivity index (χ0n) is 7.41. The fourth-order valence-corrected chi connectivity index (χ4v) is 1.62. The third kappa shape index (κ3) is 1.35. The van der Waals surface area contributed by atoms with Gasteiger partial charge < -0.3 is 10.4 Å². The Kier molecular flexibility index (Phi) is 1.96. The summed E-state index contributed by atoms with van der Waals surface area (Å²) in [6, 6.07) is 4.91. The van der Waals surface area contributed by atoms with Crippen molar-refractivity contribution in [1.29, 1.82) is 0 Å². The minimum Gasteiger partial charge on any atom is -0.478 e. The van der Waals surface area contributed by atoms with Gasteiger partial charge in [0.2, 0.25) is 5.91 Å². The van der Waals surface area contributed by atoms with Gasteiger partial charge in [0.05, 0.1) is 5.56 Å². The summed E-state index contributed by atoms with van der Waals surface area (Å²) in [6.07, 6.45) is 0.862. The van der Waals surface area contributed by atoms with Crippen LogP contribution in [0.25, 0.3) is 0 Å². The molecule has 0 atom stereocenters. The molecule has 2 rings (SSSR count). The Labute approximate surface area is 80.6 Å².